The summed E-state index contributed by atoms with van der Waals surface area (Å²) in [7, 11) is 3.04. The summed E-state index contributed by atoms with van der Waals surface area (Å²) in [4.78, 5) is 0. The van der Waals surface area contributed by atoms with E-state index in [0.717, 1.165) is 0 Å². The van der Waals surface area contributed by atoms with Crippen LogP contribution < -0.4 is 5.32 Å². The average Bonchev–Trinajstić information content (AvgIpc) is 2.16. The molecule has 3 nitrogen and oxygen atoms in total. The minimum absolute atomic E-state index is 0.105. The van der Waals surface area contributed by atoms with Gasteiger partial charge in [-0.05, 0) is 7.05 Å². The Hall–Kier alpha value is -0.400. The maximum atomic E-state index is 12.4. The van der Waals surface area contributed by atoms with E-state index in [0.29, 0.717) is 0 Å². The van der Waals surface area contributed by atoms with Crippen molar-refractivity contribution in [2.45, 2.75) is 18.4 Å². The quantitative estimate of drug-likeness (QED) is 0.638. The number of rotatable bonds is 8. The number of hydrogen-bond acceptors (Lipinski definition) is 3. The van der Waals surface area contributed by atoms with Gasteiger partial charge in [-0.3, -0.25) is 0 Å². The molecule has 1 N–H and O–H groups in total. The lowest BCUT2D eigenvalue weighted by molar-refractivity contribution is -0.167. The highest BCUT2D eigenvalue weighted by Crippen LogP contribution is 2.22. The molecule has 0 saturated heterocycles. The average molecular weight is 233 g/mol. The molecule has 1 unspecified atom stereocenters. The molecule has 0 aromatic heterocycles. The van der Waals surface area contributed by atoms with Crippen LogP contribution in [-0.4, -0.2) is 52.4 Å². The van der Waals surface area contributed by atoms with Crippen molar-refractivity contribution in [2.24, 2.45) is 0 Å². The Balaban J connectivity index is 3.76. The van der Waals surface area contributed by atoms with Gasteiger partial charge in [0.15, 0.2) is 0 Å². The van der Waals surface area contributed by atoms with E-state index in [4.69, 9.17) is 4.74 Å². The molecule has 0 bridgehead atoms. The largest absolute Gasteiger partial charge is 0.383 e. The zero-order chi connectivity index (χ0) is 11.9. The van der Waals surface area contributed by atoms with Gasteiger partial charge >= 0.3 is 12.3 Å². The third kappa shape index (κ3) is 5.91. The smallest absolute Gasteiger partial charge is 0.330 e. The van der Waals surface area contributed by atoms with Crippen LogP contribution in [0.1, 0.15) is 0 Å². The molecule has 15 heavy (non-hydrogen) atoms. The monoisotopic (exact) mass is 233 g/mol. The first kappa shape index (κ1) is 14.6. The van der Waals surface area contributed by atoms with Crippen LogP contribution in [0.3, 0.4) is 0 Å². The van der Waals surface area contributed by atoms with E-state index in [2.05, 4.69) is 10.1 Å². The molecule has 0 heterocycles. The predicted octanol–water partition coefficient (Wildman–Crippen LogP) is 1.14. The van der Waals surface area contributed by atoms with E-state index in [-0.39, 0.29) is 19.3 Å². The second-order valence-electron chi connectivity index (χ2n) is 3.02. The molecule has 0 spiro atoms. The molecule has 0 radical (unpaired) electrons. The molecule has 7 heteroatoms. The summed E-state index contributed by atoms with van der Waals surface area (Å²) >= 11 is 0. The molecule has 0 saturated carbocycles. The van der Waals surface area contributed by atoms with Crippen molar-refractivity contribution in [1.82, 2.24) is 5.32 Å². The molecule has 0 aliphatic heterocycles. The second kappa shape index (κ2) is 6.97. The molecular weight excluding hydrogens is 218 g/mol. The second-order valence-corrected chi connectivity index (χ2v) is 3.02. The maximum Gasteiger partial charge on any atom is 0.330 e. The number of nitrogens with one attached hydrogen (secondary N) is 1. The number of likely N-dealkylation sites (N-methyl/N-ethyl adjacent to an activating group) is 1. The molecule has 0 aliphatic rings. The fourth-order valence-corrected chi connectivity index (χ4v) is 0.816. The normalized spacial score (nSPS) is 14.6. The van der Waals surface area contributed by atoms with Crippen molar-refractivity contribution in [3.63, 3.8) is 0 Å². The lowest BCUT2D eigenvalue weighted by Crippen LogP contribution is -2.38. The SMILES string of the molecule is CNC(COC)COCC(F)(F)C(F)F. The Kier molecular flexibility index (Phi) is 6.78. The highest BCUT2D eigenvalue weighted by Gasteiger charge is 2.41. The standard InChI is InChI=1S/C8H15F4NO2/c1-13-6(3-14-2)4-15-5-8(11,12)7(9)10/h6-7,13H,3-5H2,1-2H3. The Bertz CT molecular complexity index is 169. The van der Waals surface area contributed by atoms with E-state index < -0.39 is 19.0 Å². The van der Waals surface area contributed by atoms with Gasteiger partial charge in [0.25, 0.3) is 0 Å². The maximum absolute atomic E-state index is 12.4. The van der Waals surface area contributed by atoms with Gasteiger partial charge in [0.1, 0.15) is 6.61 Å². The van der Waals surface area contributed by atoms with Gasteiger partial charge < -0.3 is 14.8 Å². The van der Waals surface area contributed by atoms with Gasteiger partial charge in [0, 0.05) is 7.11 Å². The van der Waals surface area contributed by atoms with Crippen LogP contribution in [0, 0.1) is 0 Å². The number of methoxy groups -OCH3 is 1. The van der Waals surface area contributed by atoms with Crippen molar-refractivity contribution < 1.29 is 27.0 Å². The number of hydrogen-bond donors (Lipinski definition) is 1. The van der Waals surface area contributed by atoms with E-state index in [1.165, 1.54) is 7.11 Å². The zero-order valence-corrected chi connectivity index (χ0v) is 8.60. The third-order valence-corrected chi connectivity index (χ3v) is 1.71. The first-order valence-electron chi connectivity index (χ1n) is 4.34. The molecule has 0 aromatic carbocycles. The van der Waals surface area contributed by atoms with Gasteiger partial charge in [-0.2, -0.15) is 8.78 Å². The first-order chi connectivity index (χ1) is 6.94. The minimum Gasteiger partial charge on any atom is -0.383 e. The summed E-state index contributed by atoms with van der Waals surface area (Å²) in [5, 5.41) is 2.74. The van der Waals surface area contributed by atoms with Crippen LogP contribution in [0.5, 0.6) is 0 Å². The number of alkyl halides is 4. The topological polar surface area (TPSA) is 30.5 Å². The van der Waals surface area contributed by atoms with Crippen molar-refractivity contribution in [1.29, 1.82) is 0 Å². The van der Waals surface area contributed by atoms with Gasteiger partial charge in [-0.15, -0.1) is 0 Å². The lowest BCUT2D eigenvalue weighted by Gasteiger charge is -2.19. The summed E-state index contributed by atoms with van der Waals surface area (Å²) in [6.45, 7) is -1.13. The highest BCUT2D eigenvalue weighted by atomic mass is 19.3. The minimum atomic E-state index is -4.09. The van der Waals surface area contributed by atoms with Crippen LogP contribution in [0.15, 0.2) is 0 Å². The van der Waals surface area contributed by atoms with Gasteiger partial charge in [-0.25, -0.2) is 8.78 Å². The molecule has 0 amide bonds. The molecule has 0 aromatic rings. The van der Waals surface area contributed by atoms with E-state index in [1.54, 1.807) is 7.05 Å². The van der Waals surface area contributed by atoms with Crippen LogP contribution >= 0.6 is 0 Å². The number of ether oxygens (including phenoxy) is 2. The third-order valence-electron chi connectivity index (χ3n) is 1.71. The fraction of sp³-hybridized carbons (Fsp3) is 1.00. The van der Waals surface area contributed by atoms with Crippen molar-refractivity contribution >= 4 is 0 Å². The number of halogens is 4. The molecule has 0 rings (SSSR count). The Morgan fingerprint density at radius 1 is 1.27 bits per heavy atom. The van der Waals surface area contributed by atoms with Crippen LogP contribution in [0.4, 0.5) is 17.6 Å². The summed E-state index contributed by atoms with van der Waals surface area (Å²) in [5.41, 5.74) is 0. The summed E-state index contributed by atoms with van der Waals surface area (Å²) in [5.74, 6) is -4.09. The first-order valence-corrected chi connectivity index (χ1v) is 4.34. The Morgan fingerprint density at radius 2 is 1.87 bits per heavy atom. The van der Waals surface area contributed by atoms with Gasteiger partial charge in [0.05, 0.1) is 19.3 Å². The van der Waals surface area contributed by atoms with Crippen LogP contribution in [0.2, 0.25) is 0 Å². The van der Waals surface area contributed by atoms with Crippen molar-refractivity contribution in [2.75, 3.05) is 34.0 Å². The summed E-state index contributed by atoms with van der Waals surface area (Å²) in [6, 6.07) is -0.288. The summed E-state index contributed by atoms with van der Waals surface area (Å²) in [6.07, 6.45) is -3.70. The van der Waals surface area contributed by atoms with Gasteiger partial charge in [0.2, 0.25) is 0 Å². The van der Waals surface area contributed by atoms with E-state index in [1.807, 2.05) is 0 Å². The molecule has 92 valence electrons. The zero-order valence-electron chi connectivity index (χ0n) is 8.60. The van der Waals surface area contributed by atoms with E-state index in [9.17, 15) is 17.6 Å². The molecular formula is C8H15F4NO2. The molecule has 0 fully saturated rings. The van der Waals surface area contributed by atoms with Crippen LogP contribution in [0.25, 0.3) is 0 Å². The van der Waals surface area contributed by atoms with Crippen molar-refractivity contribution in [3.8, 4) is 0 Å². The lowest BCUT2D eigenvalue weighted by atomic mass is 10.3. The van der Waals surface area contributed by atoms with Gasteiger partial charge in [-0.1, -0.05) is 0 Å². The molecule has 1 atom stereocenters. The van der Waals surface area contributed by atoms with Crippen LogP contribution in [-0.2, 0) is 9.47 Å². The highest BCUT2D eigenvalue weighted by molar-refractivity contribution is 4.69. The Morgan fingerprint density at radius 3 is 2.27 bits per heavy atom. The predicted molar refractivity (Wildman–Crippen MR) is 46.5 cm³/mol. The van der Waals surface area contributed by atoms with E-state index >= 15 is 0 Å². The molecule has 0 aliphatic carbocycles. The Labute approximate surface area is 85.7 Å². The fourth-order valence-electron chi connectivity index (χ4n) is 0.816. The van der Waals surface area contributed by atoms with Crippen molar-refractivity contribution in [3.05, 3.63) is 0 Å². The summed E-state index contributed by atoms with van der Waals surface area (Å²) < 4.78 is 57.4.